The van der Waals surface area contributed by atoms with E-state index in [2.05, 4.69) is 20.5 Å². The van der Waals surface area contributed by atoms with Crippen LogP contribution in [0.2, 0.25) is 0 Å². The normalized spacial score (nSPS) is 10.6. The third-order valence-electron chi connectivity index (χ3n) is 4.07. The molecule has 1 N–H and O–H groups in total. The first-order valence-electron chi connectivity index (χ1n) is 8.56. The second-order valence-corrected chi connectivity index (χ2v) is 7.12. The predicted octanol–water partition coefficient (Wildman–Crippen LogP) is 4.84. The third-order valence-corrected chi connectivity index (χ3v) is 5.03. The van der Waals surface area contributed by atoms with Gasteiger partial charge in [-0.25, -0.2) is 4.98 Å². The molecule has 2 aromatic heterocycles. The zero-order valence-corrected chi connectivity index (χ0v) is 15.8. The molecule has 0 atom stereocenters. The Hall–Kier alpha value is -3.45. The van der Waals surface area contributed by atoms with Crippen LogP contribution in [0.1, 0.15) is 15.9 Å². The number of hydrogen-bond acceptors (Lipinski definition) is 6. The van der Waals surface area contributed by atoms with Crippen LogP contribution < -0.4 is 5.32 Å². The van der Waals surface area contributed by atoms with Crippen molar-refractivity contribution in [3.8, 4) is 11.5 Å². The largest absolute Gasteiger partial charge is 0.423 e. The minimum atomic E-state index is -0.180. The molecule has 0 saturated carbocycles. The number of amides is 1. The summed E-state index contributed by atoms with van der Waals surface area (Å²) in [7, 11) is 0. The number of carbonyl (C=O) groups excluding carboxylic acids is 1. The highest BCUT2D eigenvalue weighted by Gasteiger charge is 2.11. The van der Waals surface area contributed by atoms with Gasteiger partial charge in [-0.2, -0.15) is 0 Å². The summed E-state index contributed by atoms with van der Waals surface area (Å²) in [5.74, 6) is 0.228. The van der Waals surface area contributed by atoms with Crippen LogP contribution in [0.15, 0.2) is 87.6 Å². The topological polar surface area (TPSA) is 80.9 Å². The standard InChI is InChI=1S/C21H16N4O2S/c1-14-5-6-16(21-25-23-13-27-21)12-18(14)24-20(26)15-7-9-17(10-8-15)28-19-4-2-3-11-22-19/h2-13H,1H3,(H,24,26). The highest BCUT2D eigenvalue weighted by atomic mass is 32.2. The summed E-state index contributed by atoms with van der Waals surface area (Å²) >= 11 is 1.55. The van der Waals surface area contributed by atoms with E-state index >= 15 is 0 Å². The van der Waals surface area contributed by atoms with Gasteiger partial charge in [0.2, 0.25) is 12.3 Å². The summed E-state index contributed by atoms with van der Waals surface area (Å²) in [6.45, 7) is 1.93. The van der Waals surface area contributed by atoms with Gasteiger partial charge in [-0.15, -0.1) is 10.2 Å². The van der Waals surface area contributed by atoms with Gasteiger partial charge in [-0.05, 0) is 61.0 Å². The molecule has 4 rings (SSSR count). The van der Waals surface area contributed by atoms with Crippen molar-refractivity contribution in [3.05, 3.63) is 84.4 Å². The van der Waals surface area contributed by atoms with Crippen molar-refractivity contribution in [2.24, 2.45) is 0 Å². The number of rotatable bonds is 5. The number of pyridine rings is 1. The molecule has 6 nitrogen and oxygen atoms in total. The summed E-state index contributed by atoms with van der Waals surface area (Å²) in [4.78, 5) is 18.0. The molecule has 138 valence electrons. The molecule has 0 saturated heterocycles. The first-order chi connectivity index (χ1) is 13.7. The number of aromatic nitrogens is 3. The van der Waals surface area contributed by atoms with Gasteiger partial charge in [0.25, 0.3) is 5.91 Å². The van der Waals surface area contributed by atoms with Crippen molar-refractivity contribution in [3.63, 3.8) is 0 Å². The maximum atomic E-state index is 12.7. The van der Waals surface area contributed by atoms with Gasteiger partial charge in [0.15, 0.2) is 0 Å². The van der Waals surface area contributed by atoms with E-state index in [9.17, 15) is 4.79 Å². The van der Waals surface area contributed by atoms with Gasteiger partial charge in [0.05, 0.1) is 0 Å². The highest BCUT2D eigenvalue weighted by molar-refractivity contribution is 7.99. The lowest BCUT2D eigenvalue weighted by Gasteiger charge is -2.10. The fourth-order valence-electron chi connectivity index (χ4n) is 2.59. The lowest BCUT2D eigenvalue weighted by atomic mass is 10.1. The van der Waals surface area contributed by atoms with Gasteiger partial charge in [-0.1, -0.05) is 23.9 Å². The Morgan fingerprint density at radius 1 is 1.07 bits per heavy atom. The minimum Gasteiger partial charge on any atom is -0.423 e. The van der Waals surface area contributed by atoms with Gasteiger partial charge in [0, 0.05) is 27.9 Å². The SMILES string of the molecule is Cc1ccc(-c2nnco2)cc1NC(=O)c1ccc(Sc2ccccn2)cc1. The Morgan fingerprint density at radius 2 is 1.93 bits per heavy atom. The van der Waals surface area contributed by atoms with Crippen molar-refractivity contribution in [2.45, 2.75) is 16.8 Å². The summed E-state index contributed by atoms with van der Waals surface area (Å²) < 4.78 is 5.22. The van der Waals surface area contributed by atoms with E-state index in [-0.39, 0.29) is 5.91 Å². The van der Waals surface area contributed by atoms with Gasteiger partial charge in [0.1, 0.15) is 5.03 Å². The van der Waals surface area contributed by atoms with E-state index < -0.39 is 0 Å². The second-order valence-electron chi connectivity index (χ2n) is 6.02. The van der Waals surface area contributed by atoms with Crippen LogP contribution in [-0.4, -0.2) is 21.1 Å². The first-order valence-corrected chi connectivity index (χ1v) is 9.38. The first kappa shape index (κ1) is 17.9. The Balaban J connectivity index is 1.48. The molecule has 1 amide bonds. The molecule has 0 aliphatic carbocycles. The fourth-order valence-corrected chi connectivity index (χ4v) is 3.36. The van der Waals surface area contributed by atoms with Crippen LogP contribution in [0.4, 0.5) is 5.69 Å². The average molecular weight is 388 g/mol. The second kappa shape index (κ2) is 8.06. The molecular formula is C21H16N4O2S. The molecule has 7 heteroatoms. The zero-order chi connectivity index (χ0) is 19.3. The number of aryl methyl sites for hydroxylation is 1. The van der Waals surface area contributed by atoms with Gasteiger partial charge >= 0.3 is 0 Å². The molecule has 0 spiro atoms. The Bertz CT molecular complexity index is 1080. The van der Waals surface area contributed by atoms with Crippen molar-refractivity contribution in [2.75, 3.05) is 5.32 Å². The van der Waals surface area contributed by atoms with E-state index in [1.54, 1.807) is 30.1 Å². The van der Waals surface area contributed by atoms with E-state index in [1.165, 1.54) is 6.39 Å². The van der Waals surface area contributed by atoms with Gasteiger partial charge in [-0.3, -0.25) is 4.79 Å². The quantitative estimate of drug-likeness (QED) is 0.527. The minimum absolute atomic E-state index is 0.180. The summed E-state index contributed by atoms with van der Waals surface area (Å²) in [5, 5.41) is 11.4. The number of carbonyl (C=O) groups is 1. The number of nitrogens with zero attached hydrogens (tertiary/aromatic N) is 3. The van der Waals surface area contributed by atoms with Crippen molar-refractivity contribution >= 4 is 23.4 Å². The fraction of sp³-hybridized carbons (Fsp3) is 0.0476. The monoisotopic (exact) mass is 388 g/mol. The van der Waals surface area contributed by atoms with E-state index in [0.717, 1.165) is 21.0 Å². The van der Waals surface area contributed by atoms with Crippen LogP contribution in [0.5, 0.6) is 0 Å². The Labute approximate surface area is 166 Å². The van der Waals surface area contributed by atoms with Crippen LogP contribution in [-0.2, 0) is 0 Å². The Kier molecular flexibility index (Phi) is 5.16. The maximum Gasteiger partial charge on any atom is 0.255 e. The molecule has 0 aliphatic rings. The van der Waals surface area contributed by atoms with Crippen LogP contribution >= 0.6 is 11.8 Å². The van der Waals surface area contributed by atoms with E-state index in [4.69, 9.17) is 4.42 Å². The molecule has 2 aromatic carbocycles. The van der Waals surface area contributed by atoms with Crippen molar-refractivity contribution < 1.29 is 9.21 Å². The van der Waals surface area contributed by atoms with E-state index in [0.29, 0.717) is 17.1 Å². The van der Waals surface area contributed by atoms with Crippen LogP contribution in [0, 0.1) is 6.92 Å². The summed E-state index contributed by atoms with van der Waals surface area (Å²) in [6, 6.07) is 18.8. The molecule has 0 bridgehead atoms. The van der Waals surface area contributed by atoms with Crippen molar-refractivity contribution in [1.82, 2.24) is 15.2 Å². The predicted molar refractivity (Wildman–Crippen MR) is 107 cm³/mol. The summed E-state index contributed by atoms with van der Waals surface area (Å²) in [5.41, 5.74) is 2.97. The zero-order valence-electron chi connectivity index (χ0n) is 15.0. The number of nitrogens with one attached hydrogen (secondary N) is 1. The highest BCUT2D eigenvalue weighted by Crippen LogP contribution is 2.27. The molecule has 0 fully saturated rings. The molecule has 2 heterocycles. The van der Waals surface area contributed by atoms with Crippen LogP contribution in [0.3, 0.4) is 0 Å². The molecule has 0 aliphatic heterocycles. The lowest BCUT2D eigenvalue weighted by molar-refractivity contribution is 0.102. The molecular weight excluding hydrogens is 372 g/mol. The van der Waals surface area contributed by atoms with Crippen LogP contribution in [0.25, 0.3) is 11.5 Å². The smallest absolute Gasteiger partial charge is 0.255 e. The average Bonchev–Trinajstić information content (AvgIpc) is 3.26. The number of anilines is 1. The molecule has 0 radical (unpaired) electrons. The molecule has 0 unspecified atom stereocenters. The van der Waals surface area contributed by atoms with Crippen molar-refractivity contribution in [1.29, 1.82) is 0 Å². The Morgan fingerprint density at radius 3 is 2.64 bits per heavy atom. The van der Waals surface area contributed by atoms with E-state index in [1.807, 2.05) is 55.5 Å². The maximum absolute atomic E-state index is 12.7. The molecule has 4 aromatic rings. The summed E-state index contributed by atoms with van der Waals surface area (Å²) in [6.07, 6.45) is 3.03. The third kappa shape index (κ3) is 4.10. The van der Waals surface area contributed by atoms with Gasteiger partial charge < -0.3 is 9.73 Å². The molecule has 28 heavy (non-hydrogen) atoms. The lowest BCUT2D eigenvalue weighted by Crippen LogP contribution is -2.12. The number of hydrogen-bond donors (Lipinski definition) is 1. The number of benzene rings is 2.